The molecule has 2 aromatic heterocycles. The molecule has 0 saturated heterocycles. The lowest BCUT2D eigenvalue weighted by Crippen LogP contribution is -2.18. The second-order valence-corrected chi connectivity index (χ2v) is 4.72. The fraction of sp³-hybridized carbons (Fsp3) is 0.333. The monoisotopic (exact) mass is 280 g/mol. The molecule has 0 spiro atoms. The highest BCUT2D eigenvalue weighted by Gasteiger charge is 2.18. The van der Waals surface area contributed by atoms with E-state index < -0.39 is 0 Å². The molecule has 0 fully saturated rings. The summed E-state index contributed by atoms with van der Waals surface area (Å²) in [5.74, 6) is -0.0203. The van der Waals surface area contributed by atoms with Crippen molar-refractivity contribution in [2.45, 2.75) is 24.0 Å². The van der Waals surface area contributed by atoms with Gasteiger partial charge in [-0.3, -0.25) is 0 Å². The quantitative estimate of drug-likeness (QED) is 0.344. The van der Waals surface area contributed by atoms with E-state index in [1.54, 1.807) is 14.0 Å². The molecule has 0 aliphatic heterocycles. The maximum absolute atomic E-state index is 8.87. The van der Waals surface area contributed by atoms with Crippen LogP contribution in [0.1, 0.15) is 16.8 Å². The predicted octanol–water partition coefficient (Wildman–Crippen LogP) is -0.137. The van der Waals surface area contributed by atoms with Gasteiger partial charge in [-0.2, -0.15) is 5.10 Å². The Bertz CT molecular complexity index is 637. The molecule has 0 saturated carbocycles. The second kappa shape index (κ2) is 5.18. The topological polar surface area (TPSA) is 128 Å². The van der Waals surface area contributed by atoms with Gasteiger partial charge in [0.05, 0.1) is 11.3 Å². The fourth-order valence-corrected chi connectivity index (χ4v) is 2.26. The molecule has 100 valence electrons. The first-order valence-electron chi connectivity index (χ1n) is 5.26. The lowest BCUT2D eigenvalue weighted by Gasteiger charge is -2.10. The predicted molar refractivity (Wildman–Crippen MR) is 66.9 cm³/mol. The van der Waals surface area contributed by atoms with Gasteiger partial charge in [0.25, 0.3) is 0 Å². The summed E-state index contributed by atoms with van der Waals surface area (Å²) in [5, 5.41) is 32.1. The minimum absolute atomic E-state index is 0.0203. The van der Waals surface area contributed by atoms with Gasteiger partial charge in [-0.25, -0.2) is 4.68 Å². The number of aromatic nitrogens is 6. The molecule has 2 rings (SSSR count). The molecular formula is C9H12N8OS. The smallest absolute Gasteiger partial charge is 0.215 e. The molecule has 2 aromatic rings. The molecular weight excluding hydrogens is 268 g/mol. The number of amidine groups is 1. The van der Waals surface area contributed by atoms with E-state index >= 15 is 0 Å². The van der Waals surface area contributed by atoms with E-state index in [0.717, 1.165) is 5.56 Å². The summed E-state index contributed by atoms with van der Waals surface area (Å²) in [6, 6.07) is 0. The molecule has 9 nitrogen and oxygen atoms in total. The molecule has 2 heterocycles. The Morgan fingerprint density at radius 1 is 1.32 bits per heavy atom. The van der Waals surface area contributed by atoms with Crippen molar-refractivity contribution in [3.8, 4) is 0 Å². The lowest BCUT2D eigenvalue weighted by molar-refractivity contribution is 0.318. The third-order valence-corrected chi connectivity index (χ3v) is 3.56. The van der Waals surface area contributed by atoms with E-state index in [-0.39, 0.29) is 5.84 Å². The zero-order valence-corrected chi connectivity index (χ0v) is 11.4. The van der Waals surface area contributed by atoms with Crippen LogP contribution < -0.4 is 5.73 Å². The second-order valence-electron chi connectivity index (χ2n) is 3.76. The molecule has 0 unspecified atom stereocenters. The number of tetrazole rings is 1. The SMILES string of the molecule is Cc1nnc(Sc2nnnn2C)c(/C(N)=N/O)c1C. The van der Waals surface area contributed by atoms with E-state index in [2.05, 4.69) is 30.9 Å². The number of oxime groups is 1. The molecule has 0 aromatic carbocycles. The first-order valence-corrected chi connectivity index (χ1v) is 6.08. The van der Waals surface area contributed by atoms with Crippen molar-refractivity contribution in [3.63, 3.8) is 0 Å². The number of rotatable bonds is 3. The van der Waals surface area contributed by atoms with Gasteiger partial charge < -0.3 is 10.9 Å². The Morgan fingerprint density at radius 2 is 2.05 bits per heavy atom. The van der Waals surface area contributed by atoms with E-state index in [9.17, 15) is 0 Å². The highest BCUT2D eigenvalue weighted by Crippen LogP contribution is 2.28. The van der Waals surface area contributed by atoms with E-state index in [4.69, 9.17) is 10.9 Å². The van der Waals surface area contributed by atoms with Gasteiger partial charge in [0.2, 0.25) is 5.16 Å². The molecule has 10 heteroatoms. The Hall–Kier alpha value is -2.23. The number of aryl methyl sites for hydroxylation is 2. The maximum Gasteiger partial charge on any atom is 0.215 e. The van der Waals surface area contributed by atoms with Gasteiger partial charge in [0.15, 0.2) is 5.84 Å². The van der Waals surface area contributed by atoms with Crippen molar-refractivity contribution in [3.05, 3.63) is 16.8 Å². The first kappa shape index (κ1) is 13.2. The van der Waals surface area contributed by atoms with Crippen molar-refractivity contribution in [1.82, 2.24) is 30.4 Å². The van der Waals surface area contributed by atoms with Crippen LogP contribution in [0.15, 0.2) is 15.3 Å². The van der Waals surface area contributed by atoms with Crippen LogP contribution in [0.3, 0.4) is 0 Å². The minimum Gasteiger partial charge on any atom is -0.409 e. The van der Waals surface area contributed by atoms with Crippen molar-refractivity contribution in [2.24, 2.45) is 17.9 Å². The fourth-order valence-electron chi connectivity index (χ4n) is 1.40. The molecule has 0 aliphatic carbocycles. The Morgan fingerprint density at radius 3 is 2.63 bits per heavy atom. The van der Waals surface area contributed by atoms with Gasteiger partial charge in [-0.15, -0.1) is 10.2 Å². The summed E-state index contributed by atoms with van der Waals surface area (Å²) in [6.45, 7) is 3.63. The standard InChI is InChI=1S/C9H12N8OS/c1-4-5(2)11-12-8(6(4)7(10)14-18)19-9-13-15-16-17(9)3/h18H,1-3H3,(H2,10,14). The highest BCUT2D eigenvalue weighted by atomic mass is 32.2. The summed E-state index contributed by atoms with van der Waals surface area (Å²) >= 11 is 1.20. The van der Waals surface area contributed by atoms with Crippen LogP contribution in [0.2, 0.25) is 0 Å². The number of nitrogens with two attached hydrogens (primary N) is 1. The molecule has 0 aliphatic rings. The number of hydrogen-bond acceptors (Lipinski definition) is 8. The summed E-state index contributed by atoms with van der Waals surface area (Å²) in [6.07, 6.45) is 0. The molecule has 3 N–H and O–H groups in total. The van der Waals surface area contributed by atoms with Gasteiger partial charge in [0, 0.05) is 7.05 Å². The van der Waals surface area contributed by atoms with Crippen LogP contribution in [-0.4, -0.2) is 41.4 Å². The summed E-state index contributed by atoms with van der Waals surface area (Å²) in [5.41, 5.74) is 7.73. The molecule has 0 bridgehead atoms. The van der Waals surface area contributed by atoms with Crippen molar-refractivity contribution in [1.29, 1.82) is 0 Å². The third kappa shape index (κ3) is 2.47. The Labute approximate surface area is 112 Å². The average molecular weight is 280 g/mol. The largest absolute Gasteiger partial charge is 0.409 e. The Kier molecular flexibility index (Phi) is 3.60. The van der Waals surface area contributed by atoms with Crippen LogP contribution in [0, 0.1) is 13.8 Å². The van der Waals surface area contributed by atoms with Crippen LogP contribution in [-0.2, 0) is 7.05 Å². The molecule has 0 atom stereocenters. The number of nitrogens with zero attached hydrogens (tertiary/aromatic N) is 7. The average Bonchev–Trinajstić information content (AvgIpc) is 2.79. The van der Waals surface area contributed by atoms with Crippen LogP contribution >= 0.6 is 11.8 Å². The van der Waals surface area contributed by atoms with E-state index in [0.29, 0.717) is 21.4 Å². The lowest BCUT2D eigenvalue weighted by atomic mass is 10.1. The highest BCUT2D eigenvalue weighted by molar-refractivity contribution is 7.99. The van der Waals surface area contributed by atoms with Crippen LogP contribution in [0.5, 0.6) is 0 Å². The zero-order chi connectivity index (χ0) is 14.0. The summed E-state index contributed by atoms with van der Waals surface area (Å²) in [7, 11) is 1.71. The van der Waals surface area contributed by atoms with Gasteiger partial charge in [-0.1, -0.05) is 5.16 Å². The summed E-state index contributed by atoms with van der Waals surface area (Å²) in [4.78, 5) is 0. The van der Waals surface area contributed by atoms with Gasteiger partial charge in [-0.05, 0) is 41.6 Å². The van der Waals surface area contributed by atoms with Crippen molar-refractivity contribution in [2.75, 3.05) is 0 Å². The molecule has 19 heavy (non-hydrogen) atoms. The van der Waals surface area contributed by atoms with Crippen LogP contribution in [0.25, 0.3) is 0 Å². The summed E-state index contributed by atoms with van der Waals surface area (Å²) < 4.78 is 1.50. The van der Waals surface area contributed by atoms with Crippen molar-refractivity contribution < 1.29 is 5.21 Å². The van der Waals surface area contributed by atoms with Gasteiger partial charge >= 0.3 is 0 Å². The molecule has 0 amide bonds. The minimum atomic E-state index is -0.0203. The Balaban J connectivity index is 2.52. The first-order chi connectivity index (χ1) is 9.04. The van der Waals surface area contributed by atoms with Crippen LogP contribution in [0.4, 0.5) is 0 Å². The van der Waals surface area contributed by atoms with E-state index in [1.807, 2.05) is 6.92 Å². The normalized spacial score (nSPS) is 11.8. The maximum atomic E-state index is 8.87. The van der Waals surface area contributed by atoms with E-state index in [1.165, 1.54) is 16.4 Å². The third-order valence-electron chi connectivity index (χ3n) is 2.56. The number of hydrogen-bond donors (Lipinski definition) is 2. The van der Waals surface area contributed by atoms with Gasteiger partial charge in [0.1, 0.15) is 5.03 Å². The molecule has 0 radical (unpaired) electrons. The van der Waals surface area contributed by atoms with Crippen molar-refractivity contribution >= 4 is 17.6 Å². The zero-order valence-electron chi connectivity index (χ0n) is 10.6.